The van der Waals surface area contributed by atoms with Crippen LogP contribution in [0.4, 0.5) is 0 Å². The van der Waals surface area contributed by atoms with Crippen molar-refractivity contribution in [2.24, 2.45) is 4.99 Å². The third kappa shape index (κ3) is 3.87. The Labute approximate surface area is 96.5 Å². The van der Waals surface area contributed by atoms with E-state index < -0.39 is 6.10 Å². The highest BCUT2D eigenvalue weighted by Gasteiger charge is 1.99. The first-order chi connectivity index (χ1) is 7.63. The molecule has 1 rings (SSSR count). The molecule has 3 nitrogen and oxygen atoms in total. The summed E-state index contributed by atoms with van der Waals surface area (Å²) in [4.78, 5) is 4.24. The average Bonchev–Trinajstić information content (AvgIpc) is 2.25. The van der Waals surface area contributed by atoms with Gasteiger partial charge in [0.15, 0.2) is 0 Å². The highest BCUT2D eigenvalue weighted by molar-refractivity contribution is 5.75. The summed E-state index contributed by atoms with van der Waals surface area (Å²) >= 11 is 0. The fraction of sp³-hybridized carbons (Fsp3) is 0.308. The number of aliphatic hydroxyl groups is 1. The normalized spacial score (nSPS) is 14.1. The largest absolute Gasteiger partial charge is 0.392 e. The molecule has 0 saturated carbocycles. The zero-order chi connectivity index (χ0) is 12.0. The molecule has 1 unspecified atom stereocenters. The molecular weight excluding hydrogens is 200 g/mol. The second kappa shape index (κ2) is 6.08. The van der Waals surface area contributed by atoms with Crippen LogP contribution in [-0.4, -0.2) is 24.5 Å². The van der Waals surface area contributed by atoms with E-state index in [1.807, 2.05) is 44.4 Å². The Morgan fingerprint density at radius 1 is 1.38 bits per heavy atom. The van der Waals surface area contributed by atoms with Crippen LogP contribution in [0.1, 0.15) is 18.1 Å². The molecule has 0 aromatic heterocycles. The molecule has 0 aliphatic rings. The van der Waals surface area contributed by atoms with Crippen LogP contribution in [0.25, 0.3) is 5.70 Å². The van der Waals surface area contributed by atoms with Crippen molar-refractivity contribution in [2.75, 3.05) is 7.05 Å². The Morgan fingerprint density at radius 3 is 2.50 bits per heavy atom. The number of benzene rings is 1. The monoisotopic (exact) mass is 218 g/mol. The first-order valence-electron chi connectivity index (χ1n) is 5.30. The van der Waals surface area contributed by atoms with E-state index in [-0.39, 0.29) is 0 Å². The van der Waals surface area contributed by atoms with E-state index in [0.29, 0.717) is 0 Å². The van der Waals surface area contributed by atoms with Crippen molar-refractivity contribution in [3.8, 4) is 0 Å². The molecule has 0 aliphatic heterocycles. The molecule has 0 bridgehead atoms. The molecule has 0 radical (unpaired) electrons. The number of nitrogens with one attached hydrogen (secondary N) is 1. The maximum absolute atomic E-state index is 9.16. The molecule has 16 heavy (non-hydrogen) atoms. The Hall–Kier alpha value is -1.61. The number of rotatable bonds is 4. The van der Waals surface area contributed by atoms with Gasteiger partial charge in [0.1, 0.15) is 0 Å². The standard InChI is InChI=1S/C13H18N2O/c1-10-4-6-12(7-5-10)13(9-14-3)15-8-11(2)16/h4-9,11,14,16H,1-3H3/b13-9-,15-8?. The van der Waals surface area contributed by atoms with Gasteiger partial charge in [0.2, 0.25) is 0 Å². The minimum Gasteiger partial charge on any atom is -0.392 e. The quantitative estimate of drug-likeness (QED) is 0.759. The van der Waals surface area contributed by atoms with Crippen molar-refractivity contribution in [3.63, 3.8) is 0 Å². The minimum absolute atomic E-state index is 0.536. The first-order valence-corrected chi connectivity index (χ1v) is 5.30. The molecule has 0 heterocycles. The summed E-state index contributed by atoms with van der Waals surface area (Å²) in [5.74, 6) is 0. The van der Waals surface area contributed by atoms with Crippen molar-refractivity contribution >= 4 is 11.9 Å². The van der Waals surface area contributed by atoms with Crippen molar-refractivity contribution in [2.45, 2.75) is 20.0 Å². The van der Waals surface area contributed by atoms with Gasteiger partial charge < -0.3 is 10.4 Å². The predicted molar refractivity (Wildman–Crippen MR) is 68.4 cm³/mol. The van der Waals surface area contributed by atoms with Crippen molar-refractivity contribution in [1.82, 2.24) is 5.32 Å². The molecule has 0 saturated heterocycles. The van der Waals surface area contributed by atoms with Crippen LogP contribution in [-0.2, 0) is 0 Å². The third-order valence-corrected chi connectivity index (χ3v) is 2.06. The Bertz CT molecular complexity index is 377. The van der Waals surface area contributed by atoms with Crippen LogP contribution in [0.5, 0.6) is 0 Å². The lowest BCUT2D eigenvalue weighted by molar-refractivity contribution is 0.267. The van der Waals surface area contributed by atoms with Crippen LogP contribution >= 0.6 is 0 Å². The summed E-state index contributed by atoms with van der Waals surface area (Å²) in [6.45, 7) is 3.72. The molecule has 1 aromatic carbocycles. The summed E-state index contributed by atoms with van der Waals surface area (Å²) in [5.41, 5.74) is 3.05. The second-order valence-electron chi connectivity index (χ2n) is 3.70. The molecule has 2 N–H and O–H groups in total. The van der Waals surface area contributed by atoms with Crippen molar-refractivity contribution < 1.29 is 5.11 Å². The van der Waals surface area contributed by atoms with E-state index >= 15 is 0 Å². The maximum Gasteiger partial charge on any atom is 0.0863 e. The highest BCUT2D eigenvalue weighted by atomic mass is 16.3. The van der Waals surface area contributed by atoms with Gasteiger partial charge in [0.25, 0.3) is 0 Å². The molecule has 1 aromatic rings. The molecular formula is C13H18N2O. The van der Waals surface area contributed by atoms with Gasteiger partial charge in [-0.2, -0.15) is 0 Å². The number of aliphatic hydroxyl groups excluding tert-OH is 1. The smallest absolute Gasteiger partial charge is 0.0863 e. The van der Waals surface area contributed by atoms with Gasteiger partial charge in [-0.05, 0) is 13.8 Å². The summed E-state index contributed by atoms with van der Waals surface area (Å²) in [6, 6.07) is 8.10. The Morgan fingerprint density at radius 2 is 2.00 bits per heavy atom. The Kier molecular flexibility index (Phi) is 4.73. The molecule has 0 aliphatic carbocycles. The second-order valence-corrected chi connectivity index (χ2v) is 3.70. The zero-order valence-electron chi connectivity index (χ0n) is 9.94. The minimum atomic E-state index is -0.536. The SMILES string of the molecule is CN/C=C(\N=CC(C)O)c1ccc(C)cc1. The Balaban J connectivity index is 2.94. The molecule has 0 amide bonds. The highest BCUT2D eigenvalue weighted by Crippen LogP contribution is 2.15. The summed E-state index contributed by atoms with van der Waals surface area (Å²) < 4.78 is 0. The summed E-state index contributed by atoms with van der Waals surface area (Å²) in [5, 5.41) is 12.1. The van der Waals surface area contributed by atoms with E-state index in [0.717, 1.165) is 11.3 Å². The van der Waals surface area contributed by atoms with Gasteiger partial charge in [-0.1, -0.05) is 29.8 Å². The van der Waals surface area contributed by atoms with Crippen LogP contribution in [0.2, 0.25) is 0 Å². The molecule has 1 atom stereocenters. The average molecular weight is 218 g/mol. The first kappa shape index (κ1) is 12.5. The number of hydrogen-bond acceptors (Lipinski definition) is 3. The molecule has 3 heteroatoms. The lowest BCUT2D eigenvalue weighted by atomic mass is 10.1. The molecule has 0 spiro atoms. The van der Waals surface area contributed by atoms with Crippen molar-refractivity contribution in [1.29, 1.82) is 0 Å². The van der Waals surface area contributed by atoms with Crippen LogP contribution in [0, 0.1) is 6.92 Å². The topological polar surface area (TPSA) is 44.6 Å². The predicted octanol–water partition coefficient (Wildman–Crippen LogP) is 1.96. The van der Waals surface area contributed by atoms with E-state index in [9.17, 15) is 0 Å². The fourth-order valence-corrected chi connectivity index (χ4v) is 1.24. The van der Waals surface area contributed by atoms with E-state index in [1.54, 1.807) is 6.92 Å². The number of aryl methyl sites for hydroxylation is 1. The zero-order valence-corrected chi connectivity index (χ0v) is 9.94. The van der Waals surface area contributed by atoms with Gasteiger partial charge in [0, 0.05) is 25.0 Å². The third-order valence-electron chi connectivity index (χ3n) is 2.06. The van der Waals surface area contributed by atoms with Gasteiger partial charge in [0.05, 0.1) is 11.8 Å². The van der Waals surface area contributed by atoms with Gasteiger partial charge >= 0.3 is 0 Å². The fourth-order valence-electron chi connectivity index (χ4n) is 1.24. The van der Waals surface area contributed by atoms with Crippen molar-refractivity contribution in [3.05, 3.63) is 41.6 Å². The van der Waals surface area contributed by atoms with Crippen LogP contribution in [0.15, 0.2) is 35.5 Å². The number of hydrogen-bond donors (Lipinski definition) is 2. The van der Waals surface area contributed by atoms with E-state index in [1.165, 1.54) is 11.8 Å². The summed E-state index contributed by atoms with van der Waals surface area (Å²) in [6.07, 6.45) is 2.79. The van der Waals surface area contributed by atoms with E-state index in [4.69, 9.17) is 5.11 Å². The van der Waals surface area contributed by atoms with Crippen LogP contribution < -0.4 is 5.32 Å². The molecule has 0 fully saturated rings. The maximum atomic E-state index is 9.16. The lowest BCUT2D eigenvalue weighted by Gasteiger charge is -2.03. The number of nitrogens with zero attached hydrogens (tertiary/aromatic N) is 1. The van der Waals surface area contributed by atoms with E-state index in [2.05, 4.69) is 10.3 Å². The lowest BCUT2D eigenvalue weighted by Crippen LogP contribution is -2.01. The number of aliphatic imine (C=N–C) groups is 1. The van der Waals surface area contributed by atoms with Gasteiger partial charge in [-0.15, -0.1) is 0 Å². The van der Waals surface area contributed by atoms with Gasteiger partial charge in [-0.3, -0.25) is 4.99 Å². The summed E-state index contributed by atoms with van der Waals surface area (Å²) in [7, 11) is 1.83. The van der Waals surface area contributed by atoms with Gasteiger partial charge in [-0.25, -0.2) is 0 Å². The molecule has 86 valence electrons. The van der Waals surface area contributed by atoms with Crippen LogP contribution in [0.3, 0.4) is 0 Å².